The lowest BCUT2D eigenvalue weighted by Crippen LogP contribution is -2.96. The molecule has 0 atom stereocenters. The molecule has 1 rings (SSSR count). The van der Waals surface area contributed by atoms with Crippen molar-refractivity contribution in [3.8, 4) is 0 Å². The SMILES string of the molecule is C[Si]1[Si](C)(C)[Si](C)(C)[Si](C)(C)[Si](C)(C)[Si]1(C)C. The maximum Gasteiger partial charge on any atom is 0.0307 e. The molecule has 0 spiro atoms. The van der Waals surface area contributed by atoms with Gasteiger partial charge >= 0.3 is 0 Å². The van der Waals surface area contributed by atoms with E-state index < -0.39 is 35.5 Å². The Bertz CT molecular complexity index is 299. The number of hydrogen-bond acceptors (Lipinski definition) is 0. The van der Waals surface area contributed by atoms with Gasteiger partial charge in [0.2, 0.25) is 0 Å². The molecular weight excluding hydrogens is 301 g/mol. The van der Waals surface area contributed by atoms with E-state index >= 15 is 0 Å². The summed E-state index contributed by atoms with van der Waals surface area (Å²) < 4.78 is 0. The second kappa shape index (κ2) is 3.91. The normalized spacial score (nSPS) is 33.4. The van der Waals surface area contributed by atoms with Gasteiger partial charge in [0.15, 0.2) is 0 Å². The predicted molar refractivity (Wildman–Crippen MR) is 99.0 cm³/mol. The predicted octanol–water partition coefficient (Wildman–Crippen LogP) is 4.14. The van der Waals surface area contributed by atoms with E-state index in [-0.39, 0.29) is 7.83 Å². The van der Waals surface area contributed by atoms with E-state index in [2.05, 4.69) is 72.0 Å². The molecule has 1 radical (unpaired) electrons. The molecule has 17 heavy (non-hydrogen) atoms. The van der Waals surface area contributed by atoms with E-state index in [9.17, 15) is 0 Å². The minimum atomic E-state index is -0.932. The minimum Gasteiger partial charge on any atom is -0.0754 e. The Balaban J connectivity index is 3.56. The van der Waals surface area contributed by atoms with Crippen LogP contribution in [-0.2, 0) is 0 Å². The van der Waals surface area contributed by atoms with E-state index in [0.29, 0.717) is 0 Å². The lowest BCUT2D eigenvalue weighted by Gasteiger charge is -2.68. The molecule has 1 fully saturated rings. The van der Waals surface area contributed by atoms with Gasteiger partial charge in [-0.3, -0.25) is 0 Å². The van der Waals surface area contributed by atoms with Gasteiger partial charge in [-0.15, -0.1) is 0 Å². The monoisotopic (exact) mass is 333 g/mol. The summed E-state index contributed by atoms with van der Waals surface area (Å²) in [4.78, 5) is 0. The van der Waals surface area contributed by atoms with Crippen LogP contribution in [0.25, 0.3) is 0 Å². The van der Waals surface area contributed by atoms with Crippen molar-refractivity contribution >= 4 is 43.4 Å². The third-order valence-electron chi connectivity index (χ3n) is 8.12. The maximum absolute atomic E-state index is 2.82. The number of hydrogen-bond donors (Lipinski definition) is 0. The first-order valence-corrected chi connectivity index (χ1v) is 30.0. The molecule has 1 aliphatic rings. The standard InChI is InChI=1S/C11H33Si6/c1-12-13(2,3)15(6,7)17(10,11)16(8,9)14(12,4)5/h1-11H3. The molecule has 0 bridgehead atoms. The smallest absolute Gasteiger partial charge is 0.0307 e. The van der Waals surface area contributed by atoms with Crippen LogP contribution in [0.2, 0.25) is 72.0 Å². The highest BCUT2D eigenvalue weighted by molar-refractivity contribution is 8.10. The molecule has 101 valence electrons. The zero-order valence-electron chi connectivity index (χ0n) is 14.0. The maximum atomic E-state index is 2.82. The second-order valence-corrected chi connectivity index (χ2v) is 77.2. The van der Waals surface area contributed by atoms with E-state index in [4.69, 9.17) is 0 Å². The van der Waals surface area contributed by atoms with E-state index in [1.165, 1.54) is 0 Å². The summed E-state index contributed by atoms with van der Waals surface area (Å²) >= 11 is 0. The first kappa shape index (κ1) is 16.4. The fourth-order valence-electron chi connectivity index (χ4n) is 4.06. The van der Waals surface area contributed by atoms with Crippen LogP contribution < -0.4 is 0 Å². The van der Waals surface area contributed by atoms with Gasteiger partial charge in [0.1, 0.15) is 0 Å². The molecule has 0 unspecified atom stereocenters. The molecule has 0 aromatic heterocycles. The van der Waals surface area contributed by atoms with Gasteiger partial charge in [0, 0.05) is 43.4 Å². The molecule has 6 heteroatoms. The van der Waals surface area contributed by atoms with Crippen molar-refractivity contribution < 1.29 is 0 Å². The van der Waals surface area contributed by atoms with Crippen molar-refractivity contribution in [1.29, 1.82) is 0 Å². The summed E-state index contributed by atoms with van der Waals surface area (Å²) in [6.45, 7) is 30.9. The van der Waals surface area contributed by atoms with Gasteiger partial charge in [-0.2, -0.15) is 0 Å². The van der Waals surface area contributed by atoms with Gasteiger partial charge in [-0.25, -0.2) is 0 Å². The molecule has 1 aliphatic heterocycles. The Kier molecular flexibility index (Phi) is 3.76. The van der Waals surface area contributed by atoms with E-state index in [0.717, 1.165) is 0 Å². The van der Waals surface area contributed by atoms with Crippen molar-refractivity contribution in [2.45, 2.75) is 72.0 Å². The summed E-state index contributed by atoms with van der Waals surface area (Å²) in [7, 11) is -4.52. The van der Waals surface area contributed by atoms with Crippen LogP contribution in [0.15, 0.2) is 0 Å². The van der Waals surface area contributed by atoms with Crippen LogP contribution in [0.3, 0.4) is 0 Å². The molecule has 0 aromatic carbocycles. The third kappa shape index (κ3) is 1.67. The van der Waals surface area contributed by atoms with Crippen LogP contribution in [0.5, 0.6) is 0 Å². The molecular formula is C11H33Si6. The van der Waals surface area contributed by atoms with Gasteiger partial charge in [0.25, 0.3) is 0 Å². The fourth-order valence-corrected chi connectivity index (χ4v) is 224. The highest BCUT2D eigenvalue weighted by Crippen LogP contribution is 2.46. The highest BCUT2D eigenvalue weighted by Gasteiger charge is 2.71. The minimum absolute atomic E-state index is 0.00725. The Morgan fingerprint density at radius 1 is 0.471 bits per heavy atom. The van der Waals surface area contributed by atoms with Gasteiger partial charge in [-0.1, -0.05) is 72.0 Å². The molecule has 0 aliphatic carbocycles. The lowest BCUT2D eigenvalue weighted by atomic mass is 11.9. The van der Waals surface area contributed by atoms with Crippen LogP contribution in [0, 0.1) is 0 Å². The Morgan fingerprint density at radius 2 is 0.706 bits per heavy atom. The Hall–Kier alpha value is 1.30. The average molecular weight is 334 g/mol. The average Bonchev–Trinajstić information content (AvgIpc) is 2.13. The van der Waals surface area contributed by atoms with Crippen LogP contribution in [0.4, 0.5) is 0 Å². The zero-order valence-corrected chi connectivity index (χ0v) is 20.0. The topological polar surface area (TPSA) is 0 Å². The summed E-state index contributed by atoms with van der Waals surface area (Å²) in [6.07, 6.45) is 0. The quantitative estimate of drug-likeness (QED) is 0.584. The molecule has 1 saturated heterocycles. The molecule has 0 saturated carbocycles. The molecule has 0 nitrogen and oxygen atoms in total. The van der Waals surface area contributed by atoms with E-state index in [1.54, 1.807) is 0 Å². The van der Waals surface area contributed by atoms with Crippen LogP contribution in [-0.4, -0.2) is 43.4 Å². The van der Waals surface area contributed by atoms with Gasteiger partial charge < -0.3 is 0 Å². The summed E-state index contributed by atoms with van der Waals surface area (Å²) in [5, 5.41) is 0. The third-order valence-corrected chi connectivity index (χ3v) is 150. The van der Waals surface area contributed by atoms with Crippen molar-refractivity contribution in [3.63, 3.8) is 0 Å². The van der Waals surface area contributed by atoms with Crippen LogP contribution >= 0.6 is 0 Å². The molecule has 0 N–H and O–H groups in total. The van der Waals surface area contributed by atoms with Gasteiger partial charge in [0.05, 0.1) is 0 Å². The lowest BCUT2D eigenvalue weighted by molar-refractivity contribution is 1.75. The molecule has 1 heterocycles. The largest absolute Gasteiger partial charge is 0.0754 e. The second-order valence-electron chi connectivity index (χ2n) is 8.75. The summed E-state index contributed by atoms with van der Waals surface area (Å²) in [5.41, 5.74) is 0. The Labute approximate surface area is 115 Å². The van der Waals surface area contributed by atoms with Crippen molar-refractivity contribution in [3.05, 3.63) is 0 Å². The zero-order chi connectivity index (χ0) is 14.1. The first-order valence-electron chi connectivity index (χ1n) is 7.00. The molecule has 0 aromatic rings. The van der Waals surface area contributed by atoms with Crippen LogP contribution in [0.1, 0.15) is 0 Å². The summed E-state index contributed by atoms with van der Waals surface area (Å²) in [5.74, 6) is 0. The van der Waals surface area contributed by atoms with Crippen molar-refractivity contribution in [2.75, 3.05) is 0 Å². The Morgan fingerprint density at radius 3 is 0.941 bits per heavy atom. The van der Waals surface area contributed by atoms with Crippen molar-refractivity contribution in [2.24, 2.45) is 0 Å². The number of rotatable bonds is 0. The highest BCUT2D eigenvalue weighted by atomic mass is 30.2. The molecule has 0 amide bonds. The first-order chi connectivity index (χ1) is 7.15. The summed E-state index contributed by atoms with van der Waals surface area (Å²) in [6, 6.07) is 0. The fraction of sp³-hybridized carbons (Fsp3) is 1.00. The van der Waals surface area contributed by atoms with Crippen molar-refractivity contribution in [1.82, 2.24) is 0 Å². The van der Waals surface area contributed by atoms with E-state index in [1.807, 2.05) is 0 Å². The van der Waals surface area contributed by atoms with Gasteiger partial charge in [-0.05, 0) is 0 Å².